The smallest absolute Gasteiger partial charge is 0.336 e. The van der Waals surface area contributed by atoms with Crippen molar-refractivity contribution in [3.8, 4) is 5.75 Å². The highest BCUT2D eigenvalue weighted by atomic mass is 35.5. The summed E-state index contributed by atoms with van der Waals surface area (Å²) in [5.41, 5.74) is 3.05. The van der Waals surface area contributed by atoms with Crippen LogP contribution in [-0.4, -0.2) is 17.6 Å². The van der Waals surface area contributed by atoms with E-state index in [1.54, 1.807) is 30.3 Å². The van der Waals surface area contributed by atoms with Crippen molar-refractivity contribution in [3.63, 3.8) is 0 Å². The zero-order chi connectivity index (χ0) is 22.0. The number of anilines is 1. The Labute approximate surface area is 183 Å². The number of rotatable bonds is 6. The molecule has 7 heteroatoms. The third-order valence-corrected chi connectivity index (χ3v) is 5.59. The van der Waals surface area contributed by atoms with E-state index in [2.05, 4.69) is 4.90 Å². The van der Waals surface area contributed by atoms with Gasteiger partial charge in [-0.25, -0.2) is 13.6 Å². The van der Waals surface area contributed by atoms with Crippen LogP contribution in [0.1, 0.15) is 33.5 Å². The van der Waals surface area contributed by atoms with Gasteiger partial charge in [-0.15, -0.1) is 0 Å². The SMILES string of the molecule is O=C(O)c1cccc2c1CCCN2Cc1cc(Cl)ccc1OCc1ccc(F)cc1F. The summed E-state index contributed by atoms with van der Waals surface area (Å²) in [6, 6.07) is 13.8. The Hall–Kier alpha value is -3.12. The maximum absolute atomic E-state index is 14.0. The average molecular weight is 444 g/mol. The third-order valence-electron chi connectivity index (χ3n) is 5.36. The molecule has 0 spiro atoms. The lowest BCUT2D eigenvalue weighted by Crippen LogP contribution is -2.30. The molecule has 0 amide bonds. The van der Waals surface area contributed by atoms with Gasteiger partial charge in [0.05, 0.1) is 5.56 Å². The van der Waals surface area contributed by atoms with Crippen LogP contribution in [0, 0.1) is 11.6 Å². The van der Waals surface area contributed by atoms with Crippen molar-refractivity contribution >= 4 is 23.3 Å². The summed E-state index contributed by atoms with van der Waals surface area (Å²) in [7, 11) is 0. The van der Waals surface area contributed by atoms with E-state index < -0.39 is 17.6 Å². The van der Waals surface area contributed by atoms with E-state index in [0.29, 0.717) is 29.3 Å². The van der Waals surface area contributed by atoms with Gasteiger partial charge in [-0.1, -0.05) is 17.7 Å². The van der Waals surface area contributed by atoms with Crippen molar-refractivity contribution < 1.29 is 23.4 Å². The van der Waals surface area contributed by atoms with Gasteiger partial charge >= 0.3 is 5.97 Å². The Kier molecular flexibility index (Phi) is 6.09. The Morgan fingerprint density at radius 1 is 1.10 bits per heavy atom. The molecular weight excluding hydrogens is 424 g/mol. The van der Waals surface area contributed by atoms with Crippen LogP contribution in [0.4, 0.5) is 14.5 Å². The maximum Gasteiger partial charge on any atom is 0.336 e. The normalized spacial score (nSPS) is 13.1. The van der Waals surface area contributed by atoms with Crippen molar-refractivity contribution in [2.75, 3.05) is 11.4 Å². The number of aromatic carboxylic acids is 1. The molecule has 31 heavy (non-hydrogen) atoms. The number of ether oxygens (including phenoxy) is 1. The summed E-state index contributed by atoms with van der Waals surface area (Å²) in [4.78, 5) is 13.7. The van der Waals surface area contributed by atoms with Crippen LogP contribution in [-0.2, 0) is 19.6 Å². The van der Waals surface area contributed by atoms with E-state index in [9.17, 15) is 18.7 Å². The second kappa shape index (κ2) is 8.94. The summed E-state index contributed by atoms with van der Waals surface area (Å²) in [5, 5.41) is 10.0. The molecule has 0 saturated heterocycles. The summed E-state index contributed by atoms with van der Waals surface area (Å²) >= 11 is 6.21. The molecule has 1 aliphatic rings. The second-order valence-corrected chi connectivity index (χ2v) is 7.85. The highest BCUT2D eigenvalue weighted by Crippen LogP contribution is 2.33. The molecule has 1 heterocycles. The van der Waals surface area contributed by atoms with Gasteiger partial charge in [0.2, 0.25) is 0 Å². The minimum Gasteiger partial charge on any atom is -0.488 e. The number of fused-ring (bicyclic) bond motifs is 1. The molecule has 160 valence electrons. The van der Waals surface area contributed by atoms with Gasteiger partial charge in [0, 0.05) is 41.0 Å². The first kappa shape index (κ1) is 21.1. The summed E-state index contributed by atoms with van der Waals surface area (Å²) < 4.78 is 33.0. The van der Waals surface area contributed by atoms with Crippen LogP contribution < -0.4 is 9.64 Å². The maximum atomic E-state index is 14.0. The van der Waals surface area contributed by atoms with E-state index in [0.717, 1.165) is 35.8 Å². The fourth-order valence-electron chi connectivity index (χ4n) is 3.88. The standard InChI is InChI=1S/C24H20ClF2NO3/c25-17-7-9-23(31-14-15-6-8-18(26)12-21(15)27)16(11-17)13-28-10-2-4-19-20(24(29)30)3-1-5-22(19)28/h1,3,5-9,11-12H,2,4,10,13-14H2,(H,29,30). The molecule has 0 radical (unpaired) electrons. The van der Waals surface area contributed by atoms with Crippen molar-refractivity contribution in [1.29, 1.82) is 0 Å². The number of carbonyl (C=O) groups is 1. The third kappa shape index (κ3) is 4.64. The molecule has 0 aromatic heterocycles. The lowest BCUT2D eigenvalue weighted by Gasteiger charge is -2.32. The van der Waals surface area contributed by atoms with Crippen LogP contribution in [0.2, 0.25) is 5.02 Å². The minimum absolute atomic E-state index is 0.0551. The topological polar surface area (TPSA) is 49.8 Å². The number of carboxylic acids is 1. The zero-order valence-electron chi connectivity index (χ0n) is 16.6. The number of nitrogens with zero attached hydrogens (tertiary/aromatic N) is 1. The predicted molar refractivity (Wildman–Crippen MR) is 115 cm³/mol. The van der Waals surface area contributed by atoms with Gasteiger partial charge in [0.15, 0.2) is 0 Å². The Morgan fingerprint density at radius 3 is 2.71 bits per heavy atom. The first-order chi connectivity index (χ1) is 14.9. The van der Waals surface area contributed by atoms with E-state index in [-0.39, 0.29) is 12.2 Å². The Bertz CT molecular complexity index is 1140. The first-order valence-electron chi connectivity index (χ1n) is 9.87. The molecular formula is C24H20ClF2NO3. The molecule has 1 N–H and O–H groups in total. The van der Waals surface area contributed by atoms with Crippen molar-refractivity contribution in [2.45, 2.75) is 26.0 Å². The Morgan fingerprint density at radius 2 is 1.94 bits per heavy atom. The van der Waals surface area contributed by atoms with Gasteiger partial charge in [0.25, 0.3) is 0 Å². The van der Waals surface area contributed by atoms with Crippen molar-refractivity contribution in [3.05, 3.63) is 93.5 Å². The zero-order valence-corrected chi connectivity index (χ0v) is 17.3. The molecule has 3 aromatic carbocycles. The number of hydrogen-bond donors (Lipinski definition) is 1. The average Bonchev–Trinajstić information content (AvgIpc) is 2.74. The lowest BCUT2D eigenvalue weighted by molar-refractivity contribution is 0.0695. The highest BCUT2D eigenvalue weighted by Gasteiger charge is 2.23. The van der Waals surface area contributed by atoms with Gasteiger partial charge < -0.3 is 14.7 Å². The first-order valence-corrected chi connectivity index (χ1v) is 10.3. The Balaban J connectivity index is 1.59. The molecule has 0 atom stereocenters. The minimum atomic E-state index is -0.938. The van der Waals surface area contributed by atoms with Crippen LogP contribution in [0.15, 0.2) is 54.6 Å². The number of carboxylic acid groups (broad SMARTS) is 1. The summed E-state index contributed by atoms with van der Waals surface area (Å²) in [6.07, 6.45) is 1.53. The quantitative estimate of drug-likeness (QED) is 0.519. The van der Waals surface area contributed by atoms with Gasteiger partial charge in [0.1, 0.15) is 24.0 Å². The molecule has 0 bridgehead atoms. The van der Waals surface area contributed by atoms with Crippen LogP contribution in [0.5, 0.6) is 5.75 Å². The van der Waals surface area contributed by atoms with E-state index >= 15 is 0 Å². The van der Waals surface area contributed by atoms with Gasteiger partial charge in [-0.05, 0) is 60.9 Å². The molecule has 0 unspecified atom stereocenters. The molecule has 4 nitrogen and oxygen atoms in total. The van der Waals surface area contributed by atoms with Crippen molar-refractivity contribution in [2.24, 2.45) is 0 Å². The predicted octanol–water partition coefficient (Wildman–Crippen LogP) is 5.85. The van der Waals surface area contributed by atoms with E-state index in [4.69, 9.17) is 16.3 Å². The monoisotopic (exact) mass is 443 g/mol. The lowest BCUT2D eigenvalue weighted by atomic mass is 9.96. The van der Waals surface area contributed by atoms with E-state index in [1.165, 1.54) is 12.1 Å². The fraction of sp³-hybridized carbons (Fsp3) is 0.208. The number of benzene rings is 3. The molecule has 0 fully saturated rings. The molecule has 3 aromatic rings. The number of hydrogen-bond acceptors (Lipinski definition) is 3. The van der Waals surface area contributed by atoms with Crippen LogP contribution in [0.25, 0.3) is 0 Å². The van der Waals surface area contributed by atoms with E-state index in [1.807, 2.05) is 6.07 Å². The largest absolute Gasteiger partial charge is 0.488 e. The van der Waals surface area contributed by atoms with Crippen LogP contribution >= 0.6 is 11.6 Å². The molecule has 1 aliphatic heterocycles. The second-order valence-electron chi connectivity index (χ2n) is 7.41. The molecule has 4 rings (SSSR count). The summed E-state index contributed by atoms with van der Waals surface area (Å²) in [5.74, 6) is -1.71. The van der Waals surface area contributed by atoms with Crippen molar-refractivity contribution in [1.82, 2.24) is 0 Å². The molecule has 0 aliphatic carbocycles. The highest BCUT2D eigenvalue weighted by molar-refractivity contribution is 6.30. The summed E-state index contributed by atoms with van der Waals surface area (Å²) in [6.45, 7) is 1.16. The van der Waals surface area contributed by atoms with Crippen LogP contribution in [0.3, 0.4) is 0 Å². The number of halogens is 3. The van der Waals surface area contributed by atoms with Gasteiger partial charge in [-0.3, -0.25) is 0 Å². The fourth-order valence-corrected chi connectivity index (χ4v) is 4.07. The molecule has 0 saturated carbocycles. The van der Waals surface area contributed by atoms with Gasteiger partial charge in [-0.2, -0.15) is 0 Å².